The number of pyridine rings is 1. The molecule has 7 heteroatoms. The molecule has 0 aliphatic carbocycles. The number of carbonyl (C=O) groups is 2. The van der Waals surface area contributed by atoms with E-state index in [-0.39, 0.29) is 18.1 Å². The van der Waals surface area contributed by atoms with E-state index in [1.165, 1.54) is 24.5 Å². The van der Waals surface area contributed by atoms with Gasteiger partial charge in [0.2, 0.25) is 0 Å². The van der Waals surface area contributed by atoms with Gasteiger partial charge in [0.05, 0.1) is 17.3 Å². The van der Waals surface area contributed by atoms with Crippen molar-refractivity contribution in [3.05, 3.63) is 95.3 Å². The van der Waals surface area contributed by atoms with Crippen LogP contribution in [0, 0.1) is 0 Å². The number of carbonyl (C=O) groups excluding carboxylic acids is 1. The van der Waals surface area contributed by atoms with E-state index in [2.05, 4.69) is 15.5 Å². The van der Waals surface area contributed by atoms with Crippen molar-refractivity contribution >= 4 is 18.1 Å². The summed E-state index contributed by atoms with van der Waals surface area (Å²) in [6, 6.07) is 17.0. The summed E-state index contributed by atoms with van der Waals surface area (Å²) in [5.74, 6) is -0.743. The molecule has 0 saturated carbocycles. The average molecular weight is 375 g/mol. The molecule has 1 aromatic heterocycles. The lowest BCUT2D eigenvalue weighted by atomic mass is 10.1. The van der Waals surface area contributed by atoms with Crippen molar-refractivity contribution in [1.82, 2.24) is 10.4 Å². The second kappa shape index (κ2) is 9.09. The average Bonchev–Trinajstić information content (AvgIpc) is 2.74. The fraction of sp³-hybridized carbons (Fsp3) is 0.0476. The highest BCUT2D eigenvalue weighted by Crippen LogP contribution is 2.18. The third-order valence-corrected chi connectivity index (χ3v) is 3.81. The molecule has 0 aliphatic heterocycles. The molecule has 7 nitrogen and oxygen atoms in total. The van der Waals surface area contributed by atoms with Gasteiger partial charge in [0.15, 0.2) is 0 Å². The first-order chi connectivity index (χ1) is 13.6. The van der Waals surface area contributed by atoms with Gasteiger partial charge in [0.1, 0.15) is 12.4 Å². The number of para-hydroxylation sites is 1. The van der Waals surface area contributed by atoms with Gasteiger partial charge < -0.3 is 9.84 Å². The Morgan fingerprint density at radius 2 is 1.82 bits per heavy atom. The second-order valence-corrected chi connectivity index (χ2v) is 5.77. The molecule has 2 aromatic carbocycles. The van der Waals surface area contributed by atoms with Crippen LogP contribution < -0.4 is 10.2 Å². The van der Waals surface area contributed by atoms with Crippen LogP contribution in [0.5, 0.6) is 5.75 Å². The Hall–Kier alpha value is -4.00. The van der Waals surface area contributed by atoms with Crippen molar-refractivity contribution in [2.45, 2.75) is 6.61 Å². The molecular formula is C21H17N3O4. The molecule has 0 spiro atoms. The van der Waals surface area contributed by atoms with Crippen molar-refractivity contribution in [1.29, 1.82) is 0 Å². The number of hydrogen-bond acceptors (Lipinski definition) is 5. The fourth-order valence-corrected chi connectivity index (χ4v) is 2.35. The normalized spacial score (nSPS) is 10.6. The summed E-state index contributed by atoms with van der Waals surface area (Å²) < 4.78 is 5.80. The van der Waals surface area contributed by atoms with E-state index in [9.17, 15) is 9.59 Å². The Morgan fingerprint density at radius 1 is 1.04 bits per heavy atom. The van der Waals surface area contributed by atoms with Gasteiger partial charge in [-0.05, 0) is 42.0 Å². The minimum atomic E-state index is -0.970. The van der Waals surface area contributed by atoms with Crippen LogP contribution in [0.25, 0.3) is 0 Å². The molecule has 0 saturated heterocycles. The van der Waals surface area contributed by atoms with E-state index in [1.807, 2.05) is 18.2 Å². The van der Waals surface area contributed by atoms with Gasteiger partial charge in [-0.2, -0.15) is 5.10 Å². The van der Waals surface area contributed by atoms with Gasteiger partial charge in [0.25, 0.3) is 5.91 Å². The highest BCUT2D eigenvalue weighted by Gasteiger charge is 2.05. The Morgan fingerprint density at radius 3 is 2.54 bits per heavy atom. The SMILES string of the molecule is O=C(O)c1ccc(COc2ccccc2/C=N\NC(=O)c2cccnc2)cc1. The van der Waals surface area contributed by atoms with Crippen LogP contribution in [0.1, 0.15) is 31.8 Å². The number of rotatable bonds is 7. The second-order valence-electron chi connectivity index (χ2n) is 5.77. The lowest BCUT2D eigenvalue weighted by Gasteiger charge is -2.09. The van der Waals surface area contributed by atoms with E-state index in [4.69, 9.17) is 9.84 Å². The summed E-state index contributed by atoms with van der Waals surface area (Å²) >= 11 is 0. The van der Waals surface area contributed by atoms with Crippen molar-refractivity contribution < 1.29 is 19.4 Å². The number of hydrogen-bond donors (Lipinski definition) is 2. The van der Waals surface area contributed by atoms with Crippen molar-refractivity contribution in [3.8, 4) is 5.75 Å². The summed E-state index contributed by atoms with van der Waals surface area (Å²) in [5, 5.41) is 12.9. The third-order valence-electron chi connectivity index (χ3n) is 3.81. The van der Waals surface area contributed by atoms with E-state index in [1.54, 1.807) is 36.5 Å². The Kier molecular flexibility index (Phi) is 6.10. The van der Waals surface area contributed by atoms with Crippen LogP contribution in [-0.4, -0.2) is 28.2 Å². The Bertz CT molecular complexity index is 986. The van der Waals surface area contributed by atoms with Gasteiger partial charge in [-0.1, -0.05) is 24.3 Å². The van der Waals surface area contributed by atoms with E-state index >= 15 is 0 Å². The van der Waals surface area contributed by atoms with Crippen LogP contribution in [0.4, 0.5) is 0 Å². The molecule has 2 N–H and O–H groups in total. The molecule has 0 bridgehead atoms. The Labute approximate surface area is 161 Å². The predicted molar refractivity (Wildman–Crippen MR) is 103 cm³/mol. The zero-order valence-corrected chi connectivity index (χ0v) is 14.8. The number of amides is 1. The van der Waals surface area contributed by atoms with E-state index in [0.717, 1.165) is 5.56 Å². The molecule has 1 heterocycles. The molecule has 1 amide bonds. The number of carboxylic acid groups (broad SMARTS) is 1. The lowest BCUT2D eigenvalue weighted by Crippen LogP contribution is -2.17. The highest BCUT2D eigenvalue weighted by atomic mass is 16.5. The Balaban J connectivity index is 1.62. The number of nitrogens with one attached hydrogen (secondary N) is 1. The molecule has 28 heavy (non-hydrogen) atoms. The molecule has 0 aliphatic rings. The minimum Gasteiger partial charge on any atom is -0.488 e. The molecule has 3 rings (SSSR count). The van der Waals surface area contributed by atoms with Gasteiger partial charge in [-0.15, -0.1) is 0 Å². The third kappa shape index (κ3) is 5.01. The lowest BCUT2D eigenvalue weighted by molar-refractivity contribution is 0.0696. The smallest absolute Gasteiger partial charge is 0.335 e. The van der Waals surface area contributed by atoms with Crippen LogP contribution >= 0.6 is 0 Å². The van der Waals surface area contributed by atoms with Gasteiger partial charge in [0, 0.05) is 18.0 Å². The molecule has 0 fully saturated rings. The summed E-state index contributed by atoms with van der Waals surface area (Å²) in [4.78, 5) is 26.8. The zero-order chi connectivity index (χ0) is 19.8. The molecule has 0 unspecified atom stereocenters. The molecule has 0 atom stereocenters. The summed E-state index contributed by atoms with van der Waals surface area (Å²) in [6.07, 6.45) is 4.54. The first-order valence-corrected chi connectivity index (χ1v) is 8.41. The maximum absolute atomic E-state index is 12.0. The van der Waals surface area contributed by atoms with E-state index in [0.29, 0.717) is 16.9 Å². The van der Waals surface area contributed by atoms with Gasteiger partial charge in [-0.3, -0.25) is 9.78 Å². The first-order valence-electron chi connectivity index (χ1n) is 8.41. The first kappa shape index (κ1) is 18.8. The van der Waals surface area contributed by atoms with Crippen molar-refractivity contribution in [3.63, 3.8) is 0 Å². The topological polar surface area (TPSA) is 101 Å². The zero-order valence-electron chi connectivity index (χ0n) is 14.8. The van der Waals surface area contributed by atoms with Crippen molar-refractivity contribution in [2.75, 3.05) is 0 Å². The minimum absolute atomic E-state index is 0.223. The van der Waals surface area contributed by atoms with Crippen LogP contribution in [0.15, 0.2) is 78.2 Å². The number of nitrogens with zero attached hydrogens (tertiary/aromatic N) is 2. The van der Waals surface area contributed by atoms with Crippen LogP contribution in [0.3, 0.4) is 0 Å². The molecular weight excluding hydrogens is 358 g/mol. The quantitative estimate of drug-likeness (QED) is 0.488. The number of aromatic carboxylic acids is 1. The van der Waals surface area contributed by atoms with Crippen LogP contribution in [-0.2, 0) is 6.61 Å². The summed E-state index contributed by atoms with van der Waals surface area (Å²) in [6.45, 7) is 0.271. The van der Waals surface area contributed by atoms with Gasteiger partial charge >= 0.3 is 5.97 Å². The highest BCUT2D eigenvalue weighted by molar-refractivity contribution is 5.94. The maximum atomic E-state index is 12.0. The number of hydrazone groups is 1. The predicted octanol–water partition coefficient (Wildman–Crippen LogP) is 3.12. The number of benzene rings is 2. The number of aromatic nitrogens is 1. The monoisotopic (exact) mass is 375 g/mol. The van der Waals surface area contributed by atoms with E-state index < -0.39 is 5.97 Å². The summed E-state index contributed by atoms with van der Waals surface area (Å²) in [7, 11) is 0. The molecule has 0 radical (unpaired) electrons. The maximum Gasteiger partial charge on any atom is 0.335 e. The van der Waals surface area contributed by atoms with Crippen molar-refractivity contribution in [2.24, 2.45) is 5.10 Å². The molecule has 3 aromatic rings. The van der Waals surface area contributed by atoms with Crippen LogP contribution in [0.2, 0.25) is 0 Å². The fourth-order valence-electron chi connectivity index (χ4n) is 2.35. The largest absolute Gasteiger partial charge is 0.488 e. The number of carboxylic acids is 1. The van der Waals surface area contributed by atoms with Gasteiger partial charge in [-0.25, -0.2) is 10.2 Å². The summed E-state index contributed by atoms with van der Waals surface area (Å²) in [5.41, 5.74) is 4.60. The standard InChI is InChI=1S/C21H17N3O4/c25-20(18-5-3-11-22-12-18)24-23-13-17-4-1-2-6-19(17)28-14-15-7-9-16(10-8-15)21(26)27/h1-13H,14H2,(H,24,25)(H,26,27)/b23-13-. The molecule has 140 valence electrons. The number of ether oxygens (including phenoxy) is 1.